The molecular weight excluding hydrogens is 204 g/mol. The van der Waals surface area contributed by atoms with Gasteiger partial charge in [-0.25, -0.2) is 15.8 Å². The van der Waals surface area contributed by atoms with Gasteiger partial charge in [0.25, 0.3) is 0 Å². The Labute approximate surface area is 95.4 Å². The van der Waals surface area contributed by atoms with E-state index in [1.165, 1.54) is 0 Å². The molecule has 1 unspecified atom stereocenters. The van der Waals surface area contributed by atoms with Crippen LogP contribution in [0.3, 0.4) is 0 Å². The normalized spacial score (nSPS) is 20.1. The summed E-state index contributed by atoms with van der Waals surface area (Å²) in [6.07, 6.45) is 1.97. The van der Waals surface area contributed by atoms with Gasteiger partial charge >= 0.3 is 0 Å². The van der Waals surface area contributed by atoms with Crippen molar-refractivity contribution in [2.75, 3.05) is 18.6 Å². The van der Waals surface area contributed by atoms with Gasteiger partial charge in [-0.1, -0.05) is 0 Å². The van der Waals surface area contributed by atoms with Crippen LogP contribution in [0.1, 0.15) is 23.5 Å². The molecule has 0 aromatic carbocycles. The summed E-state index contributed by atoms with van der Waals surface area (Å²) >= 11 is 0. The monoisotopic (exact) mass is 222 g/mol. The first-order valence-corrected chi connectivity index (χ1v) is 5.59. The zero-order valence-corrected chi connectivity index (χ0v) is 9.79. The molecule has 1 aromatic heterocycles. The second kappa shape index (κ2) is 4.76. The predicted octanol–water partition coefficient (Wildman–Crippen LogP) is 0.958. The first kappa shape index (κ1) is 11.3. The van der Waals surface area contributed by atoms with Gasteiger partial charge in [0, 0.05) is 30.9 Å². The van der Waals surface area contributed by atoms with Crippen molar-refractivity contribution in [3.8, 4) is 0 Å². The summed E-state index contributed by atoms with van der Waals surface area (Å²) in [5.41, 5.74) is 4.61. The Hall–Kier alpha value is -1.20. The molecule has 1 saturated heterocycles. The van der Waals surface area contributed by atoms with Gasteiger partial charge in [0.1, 0.15) is 11.6 Å². The van der Waals surface area contributed by atoms with E-state index in [-0.39, 0.29) is 0 Å². The van der Waals surface area contributed by atoms with E-state index in [0.717, 1.165) is 49.0 Å². The van der Waals surface area contributed by atoms with E-state index in [1.54, 1.807) is 0 Å². The van der Waals surface area contributed by atoms with Crippen molar-refractivity contribution in [2.45, 2.75) is 26.7 Å². The van der Waals surface area contributed by atoms with Crippen LogP contribution in [0, 0.1) is 19.8 Å². The van der Waals surface area contributed by atoms with Gasteiger partial charge in [-0.15, -0.1) is 0 Å². The maximum atomic E-state index is 5.43. The average molecular weight is 222 g/mol. The Morgan fingerprint density at radius 3 is 2.88 bits per heavy atom. The number of nitrogen functional groups attached to an aromatic ring is 1. The predicted molar refractivity (Wildman–Crippen MR) is 61.9 cm³/mol. The lowest BCUT2D eigenvalue weighted by atomic mass is 10.0. The third kappa shape index (κ3) is 2.31. The molecule has 1 aliphatic rings. The Bertz CT molecular complexity index is 374. The molecule has 1 atom stereocenters. The Balaban J connectivity index is 2.17. The Morgan fingerprint density at radius 1 is 1.44 bits per heavy atom. The van der Waals surface area contributed by atoms with E-state index in [2.05, 4.69) is 15.4 Å². The van der Waals surface area contributed by atoms with Gasteiger partial charge < -0.3 is 10.2 Å². The van der Waals surface area contributed by atoms with Crippen LogP contribution < -0.4 is 11.3 Å². The largest absolute Gasteiger partial charge is 0.381 e. The lowest BCUT2D eigenvalue weighted by molar-refractivity contribution is 0.185. The van der Waals surface area contributed by atoms with Gasteiger partial charge in [0.05, 0.1) is 0 Å². The second-order valence-corrected chi connectivity index (χ2v) is 4.28. The second-order valence-electron chi connectivity index (χ2n) is 4.28. The van der Waals surface area contributed by atoms with E-state index >= 15 is 0 Å². The number of nitrogens with two attached hydrogens (primary N) is 1. The quantitative estimate of drug-likeness (QED) is 0.588. The molecule has 1 fully saturated rings. The highest BCUT2D eigenvalue weighted by molar-refractivity contribution is 5.44. The number of anilines is 1. The maximum absolute atomic E-state index is 5.43. The molecule has 16 heavy (non-hydrogen) atoms. The first-order valence-electron chi connectivity index (χ1n) is 5.59. The molecule has 2 rings (SSSR count). The summed E-state index contributed by atoms with van der Waals surface area (Å²) in [7, 11) is 0. The molecule has 0 bridgehead atoms. The molecule has 1 aromatic rings. The molecule has 0 spiro atoms. The molecule has 1 aliphatic heterocycles. The number of hydrogen-bond donors (Lipinski definition) is 2. The molecule has 3 N–H and O–H groups in total. The van der Waals surface area contributed by atoms with Crippen molar-refractivity contribution in [1.82, 2.24) is 9.97 Å². The minimum absolute atomic E-state index is 0.549. The molecule has 0 aliphatic carbocycles. The summed E-state index contributed by atoms with van der Waals surface area (Å²) in [5.74, 6) is 7.56. The lowest BCUT2D eigenvalue weighted by Crippen LogP contribution is -2.15. The maximum Gasteiger partial charge on any atom is 0.146 e. The average Bonchev–Trinajstić information content (AvgIpc) is 2.76. The summed E-state index contributed by atoms with van der Waals surface area (Å²) in [6, 6.07) is 0. The number of hydrogen-bond acceptors (Lipinski definition) is 5. The van der Waals surface area contributed by atoms with E-state index in [4.69, 9.17) is 10.6 Å². The fraction of sp³-hybridized carbons (Fsp3) is 0.636. The number of aryl methyl sites for hydroxylation is 1. The van der Waals surface area contributed by atoms with Crippen LogP contribution in [0.4, 0.5) is 5.82 Å². The third-order valence-corrected chi connectivity index (χ3v) is 3.07. The first-order chi connectivity index (χ1) is 7.70. The fourth-order valence-electron chi connectivity index (χ4n) is 1.92. The summed E-state index contributed by atoms with van der Waals surface area (Å²) in [4.78, 5) is 8.89. The third-order valence-electron chi connectivity index (χ3n) is 3.07. The van der Waals surface area contributed by atoms with Gasteiger partial charge in [0.15, 0.2) is 0 Å². The van der Waals surface area contributed by atoms with Crippen molar-refractivity contribution in [3.63, 3.8) is 0 Å². The van der Waals surface area contributed by atoms with E-state index in [9.17, 15) is 0 Å². The Kier molecular flexibility index (Phi) is 3.36. The Morgan fingerprint density at radius 2 is 2.25 bits per heavy atom. The summed E-state index contributed by atoms with van der Waals surface area (Å²) in [6.45, 7) is 5.62. The summed E-state index contributed by atoms with van der Waals surface area (Å²) in [5, 5.41) is 0. The molecule has 0 saturated carbocycles. The van der Waals surface area contributed by atoms with Gasteiger partial charge in [-0.3, -0.25) is 0 Å². The zero-order valence-electron chi connectivity index (χ0n) is 9.79. The molecule has 88 valence electrons. The van der Waals surface area contributed by atoms with Crippen molar-refractivity contribution >= 4 is 5.82 Å². The minimum atomic E-state index is 0.549. The van der Waals surface area contributed by atoms with Crippen molar-refractivity contribution < 1.29 is 4.74 Å². The minimum Gasteiger partial charge on any atom is -0.381 e. The van der Waals surface area contributed by atoms with Crippen LogP contribution in [0.2, 0.25) is 0 Å². The van der Waals surface area contributed by atoms with Crippen LogP contribution in [-0.4, -0.2) is 23.2 Å². The van der Waals surface area contributed by atoms with Crippen LogP contribution in [0.25, 0.3) is 0 Å². The fourth-order valence-corrected chi connectivity index (χ4v) is 1.92. The highest BCUT2D eigenvalue weighted by atomic mass is 16.5. The van der Waals surface area contributed by atoms with Crippen molar-refractivity contribution in [2.24, 2.45) is 11.8 Å². The number of hydrazine groups is 1. The molecular formula is C11H18N4O. The highest BCUT2D eigenvalue weighted by Crippen LogP contribution is 2.19. The van der Waals surface area contributed by atoms with E-state index in [0.29, 0.717) is 5.92 Å². The molecule has 2 heterocycles. The van der Waals surface area contributed by atoms with Crippen LogP contribution in [0.15, 0.2) is 0 Å². The van der Waals surface area contributed by atoms with Crippen LogP contribution in [-0.2, 0) is 11.2 Å². The number of ether oxygens (including phenoxy) is 1. The van der Waals surface area contributed by atoms with Gasteiger partial charge in [0.2, 0.25) is 0 Å². The van der Waals surface area contributed by atoms with Crippen LogP contribution in [0.5, 0.6) is 0 Å². The molecule has 0 radical (unpaired) electrons. The number of nitrogens with zero attached hydrogens (tertiary/aromatic N) is 2. The number of rotatable bonds is 3. The molecule has 0 amide bonds. The van der Waals surface area contributed by atoms with Crippen molar-refractivity contribution in [3.05, 3.63) is 17.1 Å². The van der Waals surface area contributed by atoms with Crippen LogP contribution >= 0.6 is 0 Å². The lowest BCUT2D eigenvalue weighted by Gasteiger charge is -2.11. The summed E-state index contributed by atoms with van der Waals surface area (Å²) < 4.78 is 5.34. The SMILES string of the molecule is Cc1nc(CC2CCOC2)nc(NN)c1C. The number of nitrogens with one attached hydrogen (secondary N) is 1. The van der Waals surface area contributed by atoms with E-state index in [1.807, 2.05) is 13.8 Å². The van der Waals surface area contributed by atoms with Gasteiger partial charge in [-0.2, -0.15) is 0 Å². The van der Waals surface area contributed by atoms with E-state index < -0.39 is 0 Å². The standard InChI is InChI=1S/C11H18N4O/c1-7-8(2)13-10(14-11(7)15-12)5-9-3-4-16-6-9/h9H,3-6,12H2,1-2H3,(H,13,14,15). The van der Waals surface area contributed by atoms with Crippen molar-refractivity contribution in [1.29, 1.82) is 0 Å². The zero-order chi connectivity index (χ0) is 11.5. The highest BCUT2D eigenvalue weighted by Gasteiger charge is 2.18. The molecule has 5 heteroatoms. The topological polar surface area (TPSA) is 73.1 Å². The van der Waals surface area contributed by atoms with Gasteiger partial charge in [-0.05, 0) is 26.2 Å². The molecule has 5 nitrogen and oxygen atoms in total. The number of aromatic nitrogens is 2. The smallest absolute Gasteiger partial charge is 0.146 e.